The summed E-state index contributed by atoms with van der Waals surface area (Å²) in [7, 11) is 3.31. The summed E-state index contributed by atoms with van der Waals surface area (Å²) in [5.41, 5.74) is 3.05. The number of hydrogen-bond donors (Lipinski definition) is 0. The van der Waals surface area contributed by atoms with Gasteiger partial charge >= 0.3 is 0 Å². The summed E-state index contributed by atoms with van der Waals surface area (Å²) in [4.78, 5) is 9.13. The molecular weight excluding hydrogens is 264 g/mol. The topological polar surface area (TPSA) is 43.2 Å². The van der Waals surface area contributed by atoms with Crippen LogP contribution in [0.15, 0.2) is 58.5 Å². The second-order valence-electron chi connectivity index (χ2n) is 4.66. The van der Waals surface area contributed by atoms with E-state index in [4.69, 9.17) is 9.47 Å². The van der Waals surface area contributed by atoms with Gasteiger partial charge in [0.1, 0.15) is 11.5 Å². The molecule has 0 N–H and O–H groups in total. The number of methoxy groups -OCH3 is 2. The highest BCUT2D eigenvalue weighted by Crippen LogP contribution is 2.18. The Labute approximate surface area is 123 Å². The highest BCUT2D eigenvalue weighted by Gasteiger charge is 2.13. The molecule has 0 amide bonds. The Morgan fingerprint density at radius 2 is 1.29 bits per heavy atom. The molecule has 0 fully saturated rings. The van der Waals surface area contributed by atoms with E-state index in [1.54, 1.807) is 14.2 Å². The molecule has 0 aliphatic carbocycles. The number of nitrogens with zero attached hydrogens (tertiary/aromatic N) is 2. The van der Waals surface area contributed by atoms with Gasteiger partial charge in [0.25, 0.3) is 0 Å². The van der Waals surface area contributed by atoms with Crippen LogP contribution in [-0.4, -0.2) is 32.3 Å². The van der Waals surface area contributed by atoms with Gasteiger partial charge in [0.2, 0.25) is 0 Å². The third kappa shape index (κ3) is 2.79. The Bertz CT molecular complexity index is 686. The molecule has 0 radical (unpaired) electrons. The predicted molar refractivity (Wildman–Crippen MR) is 83.9 cm³/mol. The number of rotatable bonds is 4. The molecule has 106 valence electrons. The fourth-order valence-corrected chi connectivity index (χ4v) is 2.18. The summed E-state index contributed by atoms with van der Waals surface area (Å²) in [5, 5.41) is 0. The molecule has 0 atom stereocenters. The summed E-state index contributed by atoms with van der Waals surface area (Å²) >= 11 is 0. The van der Waals surface area contributed by atoms with E-state index < -0.39 is 0 Å². The lowest BCUT2D eigenvalue weighted by Crippen LogP contribution is -2.01. The van der Waals surface area contributed by atoms with Crippen LogP contribution in [0.1, 0.15) is 11.1 Å². The zero-order valence-electron chi connectivity index (χ0n) is 12.0. The maximum absolute atomic E-state index is 5.16. The second kappa shape index (κ2) is 5.79. The molecule has 1 aliphatic heterocycles. The fraction of sp³-hybridized carbons (Fsp3) is 0.176. The minimum Gasteiger partial charge on any atom is -0.497 e. The van der Waals surface area contributed by atoms with Crippen molar-refractivity contribution in [1.82, 2.24) is 0 Å². The van der Waals surface area contributed by atoms with E-state index in [1.165, 1.54) is 0 Å². The van der Waals surface area contributed by atoms with Gasteiger partial charge in [-0.3, -0.25) is 4.99 Å². The van der Waals surface area contributed by atoms with Crippen LogP contribution in [0.2, 0.25) is 0 Å². The summed E-state index contributed by atoms with van der Waals surface area (Å²) in [6, 6.07) is 15.6. The van der Waals surface area contributed by atoms with Gasteiger partial charge in [-0.05, 0) is 54.1 Å². The Hall–Kier alpha value is -2.62. The molecule has 0 spiro atoms. The van der Waals surface area contributed by atoms with Gasteiger partial charge in [-0.25, -0.2) is 4.99 Å². The molecule has 1 heterocycles. The number of ether oxygens (including phenoxy) is 2. The fourth-order valence-electron chi connectivity index (χ4n) is 2.18. The number of benzene rings is 2. The molecule has 4 heteroatoms. The molecule has 21 heavy (non-hydrogen) atoms. The van der Waals surface area contributed by atoms with Gasteiger partial charge in [-0.2, -0.15) is 0 Å². The van der Waals surface area contributed by atoms with Crippen LogP contribution in [0.5, 0.6) is 11.5 Å². The second-order valence-corrected chi connectivity index (χ2v) is 4.66. The minimum atomic E-state index is 0.605. The van der Waals surface area contributed by atoms with Gasteiger partial charge < -0.3 is 9.47 Å². The van der Waals surface area contributed by atoms with Gasteiger partial charge in [0.15, 0.2) is 5.84 Å². The Balaban J connectivity index is 1.81. The van der Waals surface area contributed by atoms with Gasteiger partial charge in [-0.1, -0.05) is 0 Å². The van der Waals surface area contributed by atoms with E-state index in [9.17, 15) is 0 Å². The summed E-state index contributed by atoms with van der Waals surface area (Å²) < 4.78 is 10.3. The molecule has 2 aromatic carbocycles. The van der Waals surface area contributed by atoms with Crippen molar-refractivity contribution in [3.05, 3.63) is 59.7 Å². The van der Waals surface area contributed by atoms with Crippen molar-refractivity contribution in [2.45, 2.75) is 0 Å². The van der Waals surface area contributed by atoms with Crippen molar-refractivity contribution in [3.8, 4) is 11.5 Å². The zero-order chi connectivity index (χ0) is 14.7. The first kappa shape index (κ1) is 13.4. The van der Waals surface area contributed by atoms with Crippen LogP contribution in [0, 0.1) is 0 Å². The monoisotopic (exact) mass is 280 g/mol. The van der Waals surface area contributed by atoms with Gasteiger partial charge in [0, 0.05) is 5.56 Å². The van der Waals surface area contributed by atoms with Crippen molar-refractivity contribution < 1.29 is 9.47 Å². The smallest absolute Gasteiger partial charge is 0.155 e. The van der Waals surface area contributed by atoms with Crippen LogP contribution in [0.4, 0.5) is 0 Å². The van der Waals surface area contributed by atoms with E-state index in [-0.39, 0.29) is 0 Å². The largest absolute Gasteiger partial charge is 0.497 e. The van der Waals surface area contributed by atoms with Crippen LogP contribution >= 0.6 is 0 Å². The average molecular weight is 280 g/mol. The Kier molecular flexibility index (Phi) is 3.69. The molecule has 1 aliphatic rings. The summed E-state index contributed by atoms with van der Waals surface area (Å²) in [6.45, 7) is 0.605. The lowest BCUT2D eigenvalue weighted by molar-refractivity contribution is 0.414. The molecule has 3 rings (SSSR count). The normalized spacial score (nSPS) is 13.6. The van der Waals surface area contributed by atoms with E-state index in [0.29, 0.717) is 6.54 Å². The first-order chi connectivity index (χ1) is 10.3. The molecule has 0 aromatic heterocycles. The van der Waals surface area contributed by atoms with Crippen molar-refractivity contribution >= 4 is 11.5 Å². The molecule has 0 saturated carbocycles. The summed E-state index contributed by atoms with van der Waals surface area (Å²) in [5.74, 6) is 2.44. The third-order valence-electron chi connectivity index (χ3n) is 3.39. The first-order valence-corrected chi connectivity index (χ1v) is 6.71. The molecule has 0 bridgehead atoms. The lowest BCUT2D eigenvalue weighted by atomic mass is 10.1. The lowest BCUT2D eigenvalue weighted by Gasteiger charge is -2.02. The van der Waals surface area contributed by atoms with E-state index in [0.717, 1.165) is 34.2 Å². The maximum Gasteiger partial charge on any atom is 0.155 e. The molecule has 4 nitrogen and oxygen atoms in total. The van der Waals surface area contributed by atoms with Crippen LogP contribution in [0.25, 0.3) is 0 Å². The Morgan fingerprint density at radius 3 is 1.81 bits per heavy atom. The van der Waals surface area contributed by atoms with Crippen LogP contribution in [-0.2, 0) is 0 Å². The maximum atomic E-state index is 5.16. The number of hydrogen-bond acceptors (Lipinski definition) is 4. The molecular formula is C17H16N2O2. The van der Waals surface area contributed by atoms with Crippen LogP contribution < -0.4 is 9.47 Å². The highest BCUT2D eigenvalue weighted by molar-refractivity contribution is 6.17. The van der Waals surface area contributed by atoms with Crippen LogP contribution in [0.3, 0.4) is 0 Å². The third-order valence-corrected chi connectivity index (χ3v) is 3.39. The van der Waals surface area contributed by atoms with E-state index >= 15 is 0 Å². The van der Waals surface area contributed by atoms with Crippen molar-refractivity contribution in [2.24, 2.45) is 9.98 Å². The zero-order valence-corrected chi connectivity index (χ0v) is 12.0. The minimum absolute atomic E-state index is 0.605. The van der Waals surface area contributed by atoms with Gasteiger partial charge in [0.05, 0.1) is 26.5 Å². The van der Waals surface area contributed by atoms with Crippen molar-refractivity contribution in [3.63, 3.8) is 0 Å². The van der Waals surface area contributed by atoms with E-state index in [2.05, 4.69) is 9.98 Å². The molecule has 0 saturated heterocycles. The number of aliphatic imine (C=N–C) groups is 2. The number of amidine groups is 1. The molecule has 0 unspecified atom stereocenters. The first-order valence-electron chi connectivity index (χ1n) is 6.71. The highest BCUT2D eigenvalue weighted by atomic mass is 16.5. The van der Waals surface area contributed by atoms with Crippen molar-refractivity contribution in [1.29, 1.82) is 0 Å². The van der Waals surface area contributed by atoms with E-state index in [1.807, 2.05) is 48.5 Å². The molecule has 2 aromatic rings. The predicted octanol–water partition coefficient (Wildman–Crippen LogP) is 2.95. The SMILES string of the molecule is COc1ccc(C2=NC(c3ccc(OC)cc3)=NC2)cc1. The van der Waals surface area contributed by atoms with Gasteiger partial charge in [-0.15, -0.1) is 0 Å². The average Bonchev–Trinajstić information content (AvgIpc) is 3.05. The standard InChI is InChI=1S/C17H16N2O2/c1-20-14-7-3-12(4-8-14)16-11-18-17(19-16)13-5-9-15(21-2)10-6-13/h3-10H,11H2,1-2H3. The summed E-state index contributed by atoms with van der Waals surface area (Å²) in [6.07, 6.45) is 0. The van der Waals surface area contributed by atoms with Crippen molar-refractivity contribution in [2.75, 3.05) is 20.8 Å². The Morgan fingerprint density at radius 1 is 0.762 bits per heavy atom. The quantitative estimate of drug-likeness (QED) is 0.864.